The molecule has 2 aromatic heterocycles. The zero-order valence-corrected chi connectivity index (χ0v) is 11.0. The quantitative estimate of drug-likeness (QED) is 0.761. The third kappa shape index (κ3) is 2.19. The molecule has 0 unspecified atom stereocenters. The predicted octanol–water partition coefficient (Wildman–Crippen LogP) is 2.75. The number of aromatic amines is 1. The van der Waals surface area contributed by atoms with E-state index < -0.39 is 0 Å². The minimum Gasteiger partial charge on any atom is -0.366 e. The predicted molar refractivity (Wildman–Crippen MR) is 77.1 cm³/mol. The van der Waals surface area contributed by atoms with Crippen molar-refractivity contribution < 1.29 is 0 Å². The Balaban J connectivity index is 1.87. The Hall–Kier alpha value is -2.87. The first-order valence-electron chi connectivity index (χ1n) is 6.30. The normalized spacial score (nSPS) is 10.4. The number of H-pyrrole nitrogens is 1. The summed E-state index contributed by atoms with van der Waals surface area (Å²) in [5.41, 5.74) is 3.83. The molecule has 1 aromatic carbocycles. The fraction of sp³-hybridized carbons (Fsp3) is 0.133. The first kappa shape index (κ1) is 12.2. The third-order valence-electron chi connectivity index (χ3n) is 3.25. The van der Waals surface area contributed by atoms with Gasteiger partial charge in [0.1, 0.15) is 23.9 Å². The van der Waals surface area contributed by atoms with E-state index in [9.17, 15) is 0 Å². The number of aryl methyl sites for hydroxylation is 1. The molecule has 0 spiro atoms. The van der Waals surface area contributed by atoms with Gasteiger partial charge >= 0.3 is 0 Å². The van der Waals surface area contributed by atoms with Crippen LogP contribution in [0.3, 0.4) is 0 Å². The molecule has 0 amide bonds. The monoisotopic (exact) mass is 263 g/mol. The second-order valence-corrected chi connectivity index (χ2v) is 4.53. The Morgan fingerprint density at radius 3 is 3.00 bits per heavy atom. The van der Waals surface area contributed by atoms with Crippen LogP contribution in [0.15, 0.2) is 36.7 Å². The SMILES string of the molecule is Cc1[nH]c2ccccc2c1CNc1cc(C#N)ncn1. The molecule has 3 rings (SSSR count). The maximum absolute atomic E-state index is 8.83. The Morgan fingerprint density at radius 1 is 1.30 bits per heavy atom. The van der Waals surface area contributed by atoms with Crippen LogP contribution in [-0.2, 0) is 6.54 Å². The zero-order valence-electron chi connectivity index (χ0n) is 11.0. The maximum atomic E-state index is 8.83. The number of nitrogens with one attached hydrogen (secondary N) is 2. The number of benzene rings is 1. The largest absolute Gasteiger partial charge is 0.366 e. The highest BCUT2D eigenvalue weighted by atomic mass is 15.0. The van der Waals surface area contributed by atoms with Gasteiger partial charge in [0.25, 0.3) is 0 Å². The molecule has 0 fully saturated rings. The first-order valence-corrected chi connectivity index (χ1v) is 6.30. The molecule has 0 aliphatic rings. The molecule has 5 nitrogen and oxygen atoms in total. The second kappa shape index (κ2) is 5.02. The molecule has 98 valence electrons. The maximum Gasteiger partial charge on any atom is 0.145 e. The van der Waals surface area contributed by atoms with E-state index in [0.29, 0.717) is 18.1 Å². The average Bonchev–Trinajstić information content (AvgIpc) is 2.81. The highest BCUT2D eigenvalue weighted by molar-refractivity contribution is 5.84. The van der Waals surface area contributed by atoms with Crippen LogP contribution in [0, 0.1) is 18.3 Å². The van der Waals surface area contributed by atoms with Gasteiger partial charge in [-0.15, -0.1) is 0 Å². The van der Waals surface area contributed by atoms with Crippen LogP contribution in [0.4, 0.5) is 5.82 Å². The Kier molecular flexibility index (Phi) is 3.05. The molecule has 0 aliphatic carbocycles. The van der Waals surface area contributed by atoms with Crippen molar-refractivity contribution in [2.75, 3.05) is 5.32 Å². The van der Waals surface area contributed by atoms with Gasteiger partial charge < -0.3 is 10.3 Å². The Morgan fingerprint density at radius 2 is 2.15 bits per heavy atom. The lowest BCUT2D eigenvalue weighted by Gasteiger charge is -2.05. The molecule has 20 heavy (non-hydrogen) atoms. The van der Waals surface area contributed by atoms with Crippen LogP contribution in [0.1, 0.15) is 17.0 Å². The van der Waals surface area contributed by atoms with E-state index in [0.717, 1.165) is 11.2 Å². The molecule has 0 atom stereocenters. The summed E-state index contributed by atoms with van der Waals surface area (Å²) in [6.07, 6.45) is 1.39. The number of para-hydroxylation sites is 1. The molecule has 0 bridgehead atoms. The molecule has 3 aromatic rings. The van der Waals surface area contributed by atoms with Crippen LogP contribution < -0.4 is 5.32 Å². The second-order valence-electron chi connectivity index (χ2n) is 4.53. The highest BCUT2D eigenvalue weighted by Crippen LogP contribution is 2.22. The summed E-state index contributed by atoms with van der Waals surface area (Å²) in [5.74, 6) is 0.654. The molecular weight excluding hydrogens is 250 g/mol. The van der Waals surface area contributed by atoms with E-state index in [1.807, 2.05) is 18.2 Å². The van der Waals surface area contributed by atoms with E-state index in [1.54, 1.807) is 6.07 Å². The minimum absolute atomic E-state index is 0.359. The summed E-state index contributed by atoms with van der Waals surface area (Å²) in [7, 11) is 0. The van der Waals surface area contributed by atoms with Crippen molar-refractivity contribution in [3.8, 4) is 6.07 Å². The number of nitrogens with zero attached hydrogens (tertiary/aromatic N) is 3. The average molecular weight is 263 g/mol. The van der Waals surface area contributed by atoms with Crippen LogP contribution >= 0.6 is 0 Å². The summed E-state index contributed by atoms with van der Waals surface area (Å²) < 4.78 is 0. The van der Waals surface area contributed by atoms with Gasteiger partial charge in [-0.3, -0.25) is 0 Å². The Bertz CT molecular complexity index is 797. The first-order chi connectivity index (χ1) is 9.78. The van der Waals surface area contributed by atoms with Crippen molar-refractivity contribution >= 4 is 16.7 Å². The standard InChI is InChI=1S/C15H13N5/c1-10-13(12-4-2-3-5-14(12)20-10)8-17-15-6-11(7-16)18-9-19-15/h2-6,9,20H,8H2,1H3,(H,17,18,19). The van der Waals surface area contributed by atoms with Gasteiger partial charge in [-0.05, 0) is 18.6 Å². The molecule has 0 aliphatic heterocycles. The van der Waals surface area contributed by atoms with E-state index in [4.69, 9.17) is 5.26 Å². The molecule has 5 heteroatoms. The van der Waals surface area contributed by atoms with E-state index in [-0.39, 0.29) is 0 Å². The molecule has 0 saturated carbocycles. The summed E-state index contributed by atoms with van der Waals surface area (Å²) in [5, 5.41) is 13.3. The van der Waals surface area contributed by atoms with Crippen molar-refractivity contribution in [1.82, 2.24) is 15.0 Å². The summed E-state index contributed by atoms with van der Waals surface area (Å²) >= 11 is 0. The molecular formula is C15H13N5. The van der Waals surface area contributed by atoms with Crippen molar-refractivity contribution in [3.05, 3.63) is 53.6 Å². The zero-order chi connectivity index (χ0) is 13.9. The molecule has 2 N–H and O–H groups in total. The van der Waals surface area contributed by atoms with Gasteiger partial charge in [0.15, 0.2) is 0 Å². The number of nitriles is 1. The summed E-state index contributed by atoms with van der Waals surface area (Å²) in [4.78, 5) is 11.3. The minimum atomic E-state index is 0.359. The van der Waals surface area contributed by atoms with Crippen LogP contribution in [0.5, 0.6) is 0 Å². The van der Waals surface area contributed by atoms with E-state index in [1.165, 1.54) is 17.3 Å². The van der Waals surface area contributed by atoms with Gasteiger partial charge in [0.2, 0.25) is 0 Å². The number of aromatic nitrogens is 3. The number of hydrogen-bond donors (Lipinski definition) is 2. The number of anilines is 1. The lowest BCUT2D eigenvalue weighted by Crippen LogP contribution is -2.03. The van der Waals surface area contributed by atoms with Gasteiger partial charge in [-0.25, -0.2) is 9.97 Å². The van der Waals surface area contributed by atoms with E-state index in [2.05, 4.69) is 39.3 Å². The summed E-state index contributed by atoms with van der Waals surface area (Å²) in [6, 6.07) is 11.8. The molecule has 2 heterocycles. The lowest BCUT2D eigenvalue weighted by atomic mass is 10.1. The van der Waals surface area contributed by atoms with Crippen molar-refractivity contribution in [2.24, 2.45) is 0 Å². The Labute approximate surface area is 116 Å². The van der Waals surface area contributed by atoms with Crippen LogP contribution in [0.2, 0.25) is 0 Å². The third-order valence-corrected chi connectivity index (χ3v) is 3.25. The van der Waals surface area contributed by atoms with Gasteiger partial charge in [0, 0.05) is 29.2 Å². The summed E-state index contributed by atoms with van der Waals surface area (Å²) in [6.45, 7) is 2.70. The van der Waals surface area contributed by atoms with Gasteiger partial charge in [-0.1, -0.05) is 18.2 Å². The van der Waals surface area contributed by atoms with Crippen molar-refractivity contribution in [2.45, 2.75) is 13.5 Å². The molecule has 0 saturated heterocycles. The number of hydrogen-bond acceptors (Lipinski definition) is 4. The van der Waals surface area contributed by atoms with Gasteiger partial charge in [-0.2, -0.15) is 5.26 Å². The van der Waals surface area contributed by atoms with Crippen LogP contribution in [-0.4, -0.2) is 15.0 Å². The highest BCUT2D eigenvalue weighted by Gasteiger charge is 2.07. The van der Waals surface area contributed by atoms with Crippen molar-refractivity contribution in [1.29, 1.82) is 5.26 Å². The van der Waals surface area contributed by atoms with E-state index >= 15 is 0 Å². The van der Waals surface area contributed by atoms with Crippen molar-refractivity contribution in [3.63, 3.8) is 0 Å². The topological polar surface area (TPSA) is 77.4 Å². The fourth-order valence-corrected chi connectivity index (χ4v) is 2.26. The number of rotatable bonds is 3. The molecule has 0 radical (unpaired) electrons. The smallest absolute Gasteiger partial charge is 0.145 e. The lowest BCUT2D eigenvalue weighted by molar-refractivity contribution is 1.06. The van der Waals surface area contributed by atoms with Gasteiger partial charge in [0.05, 0.1) is 0 Å². The fourth-order valence-electron chi connectivity index (χ4n) is 2.26. The number of fused-ring (bicyclic) bond motifs is 1. The van der Waals surface area contributed by atoms with Crippen LogP contribution in [0.25, 0.3) is 10.9 Å².